The molecule has 3 heteroatoms. The average Bonchev–Trinajstić information content (AvgIpc) is 2.46. The van der Waals surface area contributed by atoms with Crippen LogP contribution in [-0.2, 0) is 5.75 Å². The van der Waals surface area contributed by atoms with E-state index < -0.39 is 0 Å². The number of para-hydroxylation sites is 1. The molecule has 0 heterocycles. The van der Waals surface area contributed by atoms with Crippen molar-refractivity contribution in [2.24, 2.45) is 0 Å². The predicted octanol–water partition coefficient (Wildman–Crippen LogP) is 5.18. The number of thiocarbonyl (C=S) groups is 1. The molecular formula is C17H17NS2. The van der Waals surface area contributed by atoms with Gasteiger partial charge in [0.1, 0.15) is 4.99 Å². The Morgan fingerprint density at radius 3 is 2.55 bits per heavy atom. The lowest BCUT2D eigenvalue weighted by atomic mass is 10.1. The van der Waals surface area contributed by atoms with Gasteiger partial charge < -0.3 is 5.32 Å². The number of hydrogen-bond donors (Lipinski definition) is 1. The first-order valence-corrected chi connectivity index (χ1v) is 7.90. The van der Waals surface area contributed by atoms with E-state index in [1.54, 1.807) is 11.8 Å². The zero-order chi connectivity index (χ0) is 14.2. The first-order valence-electron chi connectivity index (χ1n) is 6.44. The van der Waals surface area contributed by atoms with Crippen LogP contribution in [0.3, 0.4) is 0 Å². The fourth-order valence-electron chi connectivity index (χ4n) is 1.73. The van der Waals surface area contributed by atoms with Crippen molar-refractivity contribution in [3.63, 3.8) is 0 Å². The lowest BCUT2D eigenvalue weighted by Crippen LogP contribution is -2.04. The van der Waals surface area contributed by atoms with E-state index in [0.29, 0.717) is 0 Å². The zero-order valence-corrected chi connectivity index (χ0v) is 13.0. The fourth-order valence-corrected chi connectivity index (χ4v) is 2.83. The standard InChI is InChI=1S/C17H17NS2/c1-14-7-5-6-8-15(14)13-20-12-11-17(19)18-16-9-3-2-4-10-16/h2-12H,13H2,1H3,(H,18,19). The van der Waals surface area contributed by atoms with Gasteiger partial charge in [-0.15, -0.1) is 11.8 Å². The summed E-state index contributed by atoms with van der Waals surface area (Å²) in [6, 6.07) is 18.4. The summed E-state index contributed by atoms with van der Waals surface area (Å²) in [6.07, 6.45) is 1.94. The van der Waals surface area contributed by atoms with Crippen LogP contribution in [0.15, 0.2) is 66.1 Å². The van der Waals surface area contributed by atoms with Crippen LogP contribution in [0.5, 0.6) is 0 Å². The van der Waals surface area contributed by atoms with E-state index in [4.69, 9.17) is 12.2 Å². The van der Waals surface area contributed by atoms with Crippen molar-refractivity contribution < 1.29 is 0 Å². The van der Waals surface area contributed by atoms with Gasteiger partial charge in [-0.3, -0.25) is 0 Å². The van der Waals surface area contributed by atoms with Crippen LogP contribution in [0, 0.1) is 6.92 Å². The van der Waals surface area contributed by atoms with Crippen LogP contribution in [0.25, 0.3) is 0 Å². The number of thioether (sulfide) groups is 1. The number of benzene rings is 2. The second-order valence-electron chi connectivity index (χ2n) is 4.40. The number of hydrogen-bond acceptors (Lipinski definition) is 2. The van der Waals surface area contributed by atoms with Gasteiger partial charge in [-0.05, 0) is 41.7 Å². The maximum absolute atomic E-state index is 5.28. The monoisotopic (exact) mass is 299 g/mol. The van der Waals surface area contributed by atoms with Gasteiger partial charge in [0, 0.05) is 11.4 Å². The van der Waals surface area contributed by atoms with Crippen LogP contribution in [0.2, 0.25) is 0 Å². The van der Waals surface area contributed by atoms with Gasteiger partial charge in [0.05, 0.1) is 0 Å². The Labute approximate surface area is 130 Å². The molecular weight excluding hydrogens is 282 g/mol. The first kappa shape index (κ1) is 14.8. The topological polar surface area (TPSA) is 12.0 Å². The van der Waals surface area contributed by atoms with Crippen molar-refractivity contribution in [1.29, 1.82) is 0 Å². The smallest absolute Gasteiger partial charge is 0.104 e. The van der Waals surface area contributed by atoms with Gasteiger partial charge in [-0.2, -0.15) is 0 Å². The first-order chi connectivity index (χ1) is 9.75. The average molecular weight is 299 g/mol. The second kappa shape index (κ2) is 7.88. The zero-order valence-electron chi connectivity index (χ0n) is 11.4. The fraction of sp³-hybridized carbons (Fsp3) is 0.118. The summed E-state index contributed by atoms with van der Waals surface area (Å²) in [5, 5.41) is 5.23. The largest absolute Gasteiger partial charge is 0.347 e. The summed E-state index contributed by atoms with van der Waals surface area (Å²) in [5.41, 5.74) is 3.72. The summed E-state index contributed by atoms with van der Waals surface area (Å²) in [7, 11) is 0. The van der Waals surface area contributed by atoms with Gasteiger partial charge in [-0.25, -0.2) is 0 Å². The van der Waals surface area contributed by atoms with Gasteiger partial charge in [0.15, 0.2) is 0 Å². The Kier molecular flexibility index (Phi) is 5.84. The van der Waals surface area contributed by atoms with Crippen LogP contribution in [-0.4, -0.2) is 4.99 Å². The molecule has 1 N–H and O–H groups in total. The molecule has 0 saturated heterocycles. The van der Waals surface area contributed by atoms with Crippen molar-refractivity contribution in [2.45, 2.75) is 12.7 Å². The maximum atomic E-state index is 5.28. The van der Waals surface area contributed by atoms with E-state index in [1.807, 2.05) is 41.8 Å². The molecule has 2 rings (SSSR count). The molecule has 2 aromatic carbocycles. The Morgan fingerprint density at radius 2 is 1.80 bits per heavy atom. The molecule has 0 unspecified atom stereocenters. The summed E-state index contributed by atoms with van der Waals surface area (Å²) in [6.45, 7) is 2.14. The van der Waals surface area contributed by atoms with E-state index >= 15 is 0 Å². The lowest BCUT2D eigenvalue weighted by Gasteiger charge is -2.04. The molecule has 0 aromatic heterocycles. The van der Waals surface area contributed by atoms with Crippen molar-refractivity contribution >= 4 is 34.7 Å². The molecule has 0 amide bonds. The minimum absolute atomic E-state index is 0.730. The maximum Gasteiger partial charge on any atom is 0.104 e. The quantitative estimate of drug-likeness (QED) is 0.603. The molecule has 0 atom stereocenters. The van der Waals surface area contributed by atoms with Crippen molar-refractivity contribution in [1.82, 2.24) is 0 Å². The number of rotatable bonds is 5. The summed E-state index contributed by atoms with van der Waals surface area (Å²) >= 11 is 7.03. The third-order valence-corrected chi connectivity index (χ3v) is 3.90. The third-order valence-electron chi connectivity index (χ3n) is 2.86. The van der Waals surface area contributed by atoms with E-state index in [9.17, 15) is 0 Å². The molecule has 0 saturated carbocycles. The van der Waals surface area contributed by atoms with E-state index in [2.05, 4.69) is 36.5 Å². The highest BCUT2D eigenvalue weighted by atomic mass is 32.2. The van der Waals surface area contributed by atoms with Gasteiger partial charge in [0.2, 0.25) is 0 Å². The van der Waals surface area contributed by atoms with Crippen molar-refractivity contribution in [3.05, 3.63) is 77.2 Å². The van der Waals surface area contributed by atoms with Crippen LogP contribution in [0.4, 0.5) is 5.69 Å². The van der Waals surface area contributed by atoms with Crippen molar-refractivity contribution in [2.75, 3.05) is 5.32 Å². The van der Waals surface area contributed by atoms with Crippen LogP contribution in [0.1, 0.15) is 11.1 Å². The molecule has 20 heavy (non-hydrogen) atoms. The van der Waals surface area contributed by atoms with Gasteiger partial charge in [-0.1, -0.05) is 54.7 Å². The Bertz CT molecular complexity index is 591. The molecule has 0 fully saturated rings. The minimum atomic E-state index is 0.730. The van der Waals surface area contributed by atoms with Gasteiger partial charge in [0.25, 0.3) is 0 Å². The molecule has 2 aromatic rings. The normalized spacial score (nSPS) is 10.7. The summed E-state index contributed by atoms with van der Waals surface area (Å²) < 4.78 is 0. The molecule has 0 aliphatic heterocycles. The molecule has 0 aliphatic carbocycles. The molecule has 0 aliphatic rings. The third kappa shape index (κ3) is 4.83. The predicted molar refractivity (Wildman–Crippen MR) is 94.3 cm³/mol. The Balaban J connectivity index is 1.79. The van der Waals surface area contributed by atoms with Crippen molar-refractivity contribution in [3.8, 4) is 0 Å². The van der Waals surface area contributed by atoms with E-state index in [-0.39, 0.29) is 0 Å². The number of nitrogens with one attached hydrogen (secondary N) is 1. The SMILES string of the molecule is Cc1ccccc1CSC=CC(=S)Nc1ccccc1. The molecule has 0 spiro atoms. The molecule has 1 nitrogen and oxygen atoms in total. The summed E-state index contributed by atoms with van der Waals surface area (Å²) in [4.78, 5) is 0.730. The molecule has 0 bridgehead atoms. The molecule has 0 radical (unpaired) electrons. The number of aryl methyl sites for hydroxylation is 1. The van der Waals surface area contributed by atoms with Crippen LogP contribution >= 0.6 is 24.0 Å². The lowest BCUT2D eigenvalue weighted by molar-refractivity contribution is 1.31. The highest BCUT2D eigenvalue weighted by molar-refractivity contribution is 8.01. The number of anilines is 1. The molecule has 102 valence electrons. The summed E-state index contributed by atoms with van der Waals surface area (Å²) in [5.74, 6) is 0.969. The highest BCUT2D eigenvalue weighted by Crippen LogP contribution is 2.16. The minimum Gasteiger partial charge on any atom is -0.347 e. The van der Waals surface area contributed by atoms with E-state index in [1.165, 1.54) is 11.1 Å². The van der Waals surface area contributed by atoms with Crippen LogP contribution < -0.4 is 5.32 Å². The highest BCUT2D eigenvalue weighted by Gasteiger charge is 1.96. The Morgan fingerprint density at radius 1 is 1.10 bits per heavy atom. The van der Waals surface area contributed by atoms with E-state index in [0.717, 1.165) is 16.4 Å². The Hall–Kier alpha value is -1.58. The second-order valence-corrected chi connectivity index (χ2v) is 5.73. The van der Waals surface area contributed by atoms with Gasteiger partial charge >= 0.3 is 0 Å².